The summed E-state index contributed by atoms with van der Waals surface area (Å²) in [5, 5.41) is 0. The maximum Gasteiger partial charge on any atom is 0.0616 e. The van der Waals surface area contributed by atoms with Crippen molar-refractivity contribution >= 4 is 0 Å². The van der Waals surface area contributed by atoms with Crippen LogP contribution >= 0.6 is 0 Å². The Bertz CT molecular complexity index is 119. The molecule has 0 aromatic carbocycles. The van der Waals surface area contributed by atoms with Crippen LogP contribution in [0.25, 0.3) is 0 Å². The molecule has 1 aliphatic carbocycles. The average Bonchev–Trinajstić information content (AvgIpc) is 2.06. The summed E-state index contributed by atoms with van der Waals surface area (Å²) in [6.07, 6.45) is 5.29. The number of hydrogen-bond acceptors (Lipinski definition) is 2. The zero-order chi connectivity index (χ0) is 8.97. The van der Waals surface area contributed by atoms with Crippen molar-refractivity contribution in [2.24, 2.45) is 17.6 Å². The predicted octanol–water partition coefficient (Wildman–Crippen LogP) is 1.79. The second-order valence-electron chi connectivity index (χ2n) is 4.14. The zero-order valence-corrected chi connectivity index (χ0v) is 8.25. The summed E-state index contributed by atoms with van der Waals surface area (Å²) in [7, 11) is 1.73. The van der Waals surface area contributed by atoms with Gasteiger partial charge in [0.1, 0.15) is 0 Å². The first-order chi connectivity index (χ1) is 5.74. The molecule has 0 aromatic rings. The van der Waals surface area contributed by atoms with Gasteiger partial charge in [-0.15, -0.1) is 0 Å². The van der Waals surface area contributed by atoms with Gasteiger partial charge in [-0.2, -0.15) is 0 Å². The van der Waals surface area contributed by atoms with Crippen molar-refractivity contribution in [1.82, 2.24) is 0 Å². The van der Waals surface area contributed by atoms with Gasteiger partial charge in [-0.25, -0.2) is 0 Å². The molecule has 2 heteroatoms. The number of rotatable bonds is 3. The van der Waals surface area contributed by atoms with E-state index < -0.39 is 0 Å². The first-order valence-corrected chi connectivity index (χ1v) is 4.98. The second kappa shape index (κ2) is 4.83. The highest BCUT2D eigenvalue weighted by Crippen LogP contribution is 2.29. The Morgan fingerprint density at radius 1 is 1.33 bits per heavy atom. The fraction of sp³-hybridized carbons (Fsp3) is 1.00. The van der Waals surface area contributed by atoms with Gasteiger partial charge < -0.3 is 10.5 Å². The Hall–Kier alpha value is -0.0800. The third kappa shape index (κ3) is 2.76. The molecule has 0 unspecified atom stereocenters. The largest absolute Gasteiger partial charge is 0.383 e. The van der Waals surface area contributed by atoms with Gasteiger partial charge in [-0.05, 0) is 24.7 Å². The summed E-state index contributed by atoms with van der Waals surface area (Å²) in [5.74, 6) is 1.62. The molecule has 1 atom stereocenters. The summed E-state index contributed by atoms with van der Waals surface area (Å²) in [5.41, 5.74) is 5.98. The summed E-state index contributed by atoms with van der Waals surface area (Å²) in [6, 6.07) is 0.266. The molecule has 0 spiro atoms. The SMILES string of the molecule is COC[C@@H](N)C1CCC(C)CC1. The number of methoxy groups -OCH3 is 1. The van der Waals surface area contributed by atoms with Crippen molar-refractivity contribution in [2.45, 2.75) is 38.6 Å². The van der Waals surface area contributed by atoms with E-state index in [0.29, 0.717) is 5.92 Å². The van der Waals surface area contributed by atoms with Gasteiger partial charge in [-0.3, -0.25) is 0 Å². The van der Waals surface area contributed by atoms with Crippen LogP contribution < -0.4 is 5.73 Å². The molecule has 72 valence electrons. The van der Waals surface area contributed by atoms with Crippen LogP contribution in [0.1, 0.15) is 32.6 Å². The van der Waals surface area contributed by atoms with Crippen LogP contribution in [-0.4, -0.2) is 19.8 Å². The lowest BCUT2D eigenvalue weighted by atomic mass is 9.80. The lowest BCUT2D eigenvalue weighted by Gasteiger charge is -2.30. The van der Waals surface area contributed by atoms with E-state index in [1.165, 1.54) is 25.7 Å². The van der Waals surface area contributed by atoms with Crippen LogP contribution in [0.4, 0.5) is 0 Å². The van der Waals surface area contributed by atoms with Crippen molar-refractivity contribution in [3.63, 3.8) is 0 Å². The van der Waals surface area contributed by atoms with E-state index in [-0.39, 0.29) is 6.04 Å². The van der Waals surface area contributed by atoms with Crippen molar-refractivity contribution < 1.29 is 4.74 Å². The monoisotopic (exact) mass is 171 g/mol. The standard InChI is InChI=1S/C10H21NO/c1-8-3-5-9(6-4-8)10(11)7-12-2/h8-10H,3-7,11H2,1-2H3/t8?,9?,10-/m1/s1. The fourth-order valence-electron chi connectivity index (χ4n) is 2.04. The molecule has 0 aliphatic heterocycles. The van der Waals surface area contributed by atoms with E-state index in [1.54, 1.807) is 7.11 Å². The van der Waals surface area contributed by atoms with Gasteiger partial charge in [0.05, 0.1) is 6.61 Å². The minimum atomic E-state index is 0.266. The van der Waals surface area contributed by atoms with Crippen LogP contribution in [-0.2, 0) is 4.74 Å². The first kappa shape index (κ1) is 10.0. The van der Waals surface area contributed by atoms with Gasteiger partial charge in [0, 0.05) is 13.2 Å². The molecule has 0 heterocycles. The van der Waals surface area contributed by atoms with Crippen molar-refractivity contribution in [1.29, 1.82) is 0 Å². The minimum absolute atomic E-state index is 0.266. The Balaban J connectivity index is 2.24. The van der Waals surface area contributed by atoms with Crippen molar-refractivity contribution in [3.05, 3.63) is 0 Å². The van der Waals surface area contributed by atoms with E-state index in [9.17, 15) is 0 Å². The van der Waals surface area contributed by atoms with E-state index in [2.05, 4.69) is 6.92 Å². The molecule has 0 radical (unpaired) electrons. The lowest BCUT2D eigenvalue weighted by molar-refractivity contribution is 0.136. The molecular weight excluding hydrogens is 150 g/mol. The summed E-state index contributed by atoms with van der Waals surface area (Å²) in [4.78, 5) is 0. The fourth-order valence-corrected chi connectivity index (χ4v) is 2.04. The Morgan fingerprint density at radius 2 is 1.92 bits per heavy atom. The smallest absolute Gasteiger partial charge is 0.0616 e. The third-order valence-electron chi connectivity index (χ3n) is 3.03. The molecule has 1 saturated carbocycles. The van der Waals surface area contributed by atoms with E-state index in [1.807, 2.05) is 0 Å². The highest BCUT2D eigenvalue weighted by molar-refractivity contribution is 4.78. The van der Waals surface area contributed by atoms with Gasteiger partial charge in [0.15, 0.2) is 0 Å². The minimum Gasteiger partial charge on any atom is -0.383 e. The highest BCUT2D eigenvalue weighted by atomic mass is 16.5. The Kier molecular flexibility index (Phi) is 4.02. The average molecular weight is 171 g/mol. The van der Waals surface area contributed by atoms with Crippen LogP contribution in [0.3, 0.4) is 0 Å². The van der Waals surface area contributed by atoms with E-state index in [0.717, 1.165) is 12.5 Å². The van der Waals surface area contributed by atoms with Crippen LogP contribution in [0.2, 0.25) is 0 Å². The molecule has 1 rings (SSSR count). The number of hydrogen-bond donors (Lipinski definition) is 1. The number of nitrogens with two attached hydrogens (primary N) is 1. The molecule has 0 saturated heterocycles. The quantitative estimate of drug-likeness (QED) is 0.702. The molecule has 12 heavy (non-hydrogen) atoms. The third-order valence-corrected chi connectivity index (χ3v) is 3.03. The number of ether oxygens (including phenoxy) is 1. The summed E-state index contributed by atoms with van der Waals surface area (Å²) in [6.45, 7) is 3.05. The molecule has 0 aromatic heterocycles. The molecule has 1 fully saturated rings. The second-order valence-corrected chi connectivity index (χ2v) is 4.14. The molecule has 2 N–H and O–H groups in total. The van der Waals surface area contributed by atoms with Gasteiger partial charge in [-0.1, -0.05) is 19.8 Å². The first-order valence-electron chi connectivity index (χ1n) is 4.98. The Morgan fingerprint density at radius 3 is 2.42 bits per heavy atom. The maximum absolute atomic E-state index is 5.98. The predicted molar refractivity (Wildman–Crippen MR) is 51.0 cm³/mol. The lowest BCUT2D eigenvalue weighted by Crippen LogP contribution is -2.36. The molecule has 1 aliphatic rings. The van der Waals surface area contributed by atoms with E-state index >= 15 is 0 Å². The molecule has 0 bridgehead atoms. The van der Waals surface area contributed by atoms with Crippen LogP contribution in [0.15, 0.2) is 0 Å². The topological polar surface area (TPSA) is 35.2 Å². The van der Waals surface area contributed by atoms with Crippen LogP contribution in [0, 0.1) is 11.8 Å². The normalized spacial score (nSPS) is 33.2. The van der Waals surface area contributed by atoms with Crippen LogP contribution in [0.5, 0.6) is 0 Å². The van der Waals surface area contributed by atoms with E-state index in [4.69, 9.17) is 10.5 Å². The van der Waals surface area contributed by atoms with Gasteiger partial charge in [0.2, 0.25) is 0 Å². The van der Waals surface area contributed by atoms with Crippen molar-refractivity contribution in [3.8, 4) is 0 Å². The van der Waals surface area contributed by atoms with Gasteiger partial charge in [0.25, 0.3) is 0 Å². The molecule has 0 amide bonds. The zero-order valence-electron chi connectivity index (χ0n) is 8.25. The van der Waals surface area contributed by atoms with Crippen molar-refractivity contribution in [2.75, 3.05) is 13.7 Å². The molecular formula is C10H21NO. The summed E-state index contributed by atoms with van der Waals surface area (Å²) < 4.78 is 5.06. The van der Waals surface area contributed by atoms with Gasteiger partial charge >= 0.3 is 0 Å². The Labute approximate surface area is 75.5 Å². The molecule has 2 nitrogen and oxygen atoms in total. The summed E-state index contributed by atoms with van der Waals surface area (Å²) >= 11 is 0. The highest BCUT2D eigenvalue weighted by Gasteiger charge is 2.23. The maximum atomic E-state index is 5.98.